The van der Waals surface area contributed by atoms with Crippen LogP contribution in [0.5, 0.6) is 5.75 Å². The average molecular weight is 433 g/mol. The number of tetrazole rings is 1. The van der Waals surface area contributed by atoms with Crippen molar-refractivity contribution in [2.24, 2.45) is 7.05 Å². The number of pyridine rings is 1. The Bertz CT molecular complexity index is 1370. The summed E-state index contributed by atoms with van der Waals surface area (Å²) in [6, 6.07) is 16.2. The average Bonchev–Trinajstić information content (AvgIpc) is 3.11. The first-order chi connectivity index (χ1) is 15.0. The van der Waals surface area contributed by atoms with Gasteiger partial charge in [0.15, 0.2) is 5.69 Å². The van der Waals surface area contributed by atoms with Gasteiger partial charge in [-0.1, -0.05) is 30.3 Å². The molecule has 0 N–H and O–H groups in total. The number of hydrogen-bond acceptors (Lipinski definition) is 5. The van der Waals surface area contributed by atoms with Gasteiger partial charge < -0.3 is 9.58 Å². The van der Waals surface area contributed by atoms with Crippen LogP contribution in [0.25, 0.3) is 21.8 Å². The third-order valence-electron chi connectivity index (χ3n) is 4.74. The van der Waals surface area contributed by atoms with Gasteiger partial charge in [-0.05, 0) is 65.4 Å². The molecule has 4 aromatic rings. The zero-order valence-corrected chi connectivity index (χ0v) is 17.5. The van der Waals surface area contributed by atoms with Crippen LogP contribution in [0.4, 0.5) is 5.82 Å². The Balaban J connectivity index is 1.61. The molecular weight excluding hydrogens is 416 g/mol. The lowest BCUT2D eigenvalue weighted by molar-refractivity contribution is 0.303. The van der Waals surface area contributed by atoms with Gasteiger partial charge in [0, 0.05) is 23.2 Å². The number of hydrogen-bond donors (Lipinski definition) is 0. The van der Waals surface area contributed by atoms with E-state index in [0.717, 1.165) is 21.5 Å². The minimum atomic E-state index is -0.377. The Kier molecular flexibility index (Phi) is 5.52. The number of aromatic nitrogens is 5. The van der Waals surface area contributed by atoms with Crippen molar-refractivity contribution in [3.8, 4) is 22.7 Å². The van der Waals surface area contributed by atoms with E-state index in [9.17, 15) is 4.79 Å². The van der Waals surface area contributed by atoms with Gasteiger partial charge >= 0.3 is 5.69 Å². The highest BCUT2D eigenvalue weighted by atomic mass is 35.5. The summed E-state index contributed by atoms with van der Waals surface area (Å²) >= 11 is 6.40. The largest absolute Gasteiger partial charge is 0.488 e. The van der Waals surface area contributed by atoms with Crippen molar-refractivity contribution < 1.29 is 4.74 Å². The molecule has 154 valence electrons. The third kappa shape index (κ3) is 4.04. The highest BCUT2D eigenvalue weighted by molar-refractivity contribution is 6.31. The zero-order valence-electron chi connectivity index (χ0n) is 16.8. The van der Waals surface area contributed by atoms with Gasteiger partial charge in [0.2, 0.25) is 0 Å². The molecule has 8 nitrogen and oxygen atoms in total. The van der Waals surface area contributed by atoms with Gasteiger partial charge in [0.1, 0.15) is 12.4 Å². The molecule has 0 aliphatic rings. The molecule has 0 bridgehead atoms. The number of benzene rings is 2. The number of halogens is 1. The molecule has 2 aromatic heterocycles. The van der Waals surface area contributed by atoms with Crippen LogP contribution in [-0.2, 0) is 13.7 Å². The van der Waals surface area contributed by atoms with Gasteiger partial charge in [-0.3, -0.25) is 0 Å². The van der Waals surface area contributed by atoms with Gasteiger partial charge in [-0.15, -0.1) is 4.98 Å². The molecule has 2 aromatic carbocycles. The lowest BCUT2D eigenvalue weighted by Crippen LogP contribution is -2.23. The molecule has 0 radical (unpaired) electrons. The summed E-state index contributed by atoms with van der Waals surface area (Å²) in [5.74, 6) is 1.02. The maximum atomic E-state index is 12.3. The summed E-state index contributed by atoms with van der Waals surface area (Å²) in [5.41, 5.74) is 3.27. The molecular formula is C22H17ClN6O2. The summed E-state index contributed by atoms with van der Waals surface area (Å²) in [5, 5.41) is 8.11. The standard InChI is InChI=1S/C22H17ClN6O2/c1-14-12-15(18-7-5-9-21(24-2)25-18)10-11-20(14)31-13-16-17(23)6-4-8-19(16)29-22(30)28(3)26-27-29/h4-12H,13H2,1,3H3. The third-order valence-corrected chi connectivity index (χ3v) is 5.09. The zero-order chi connectivity index (χ0) is 22.0. The molecule has 31 heavy (non-hydrogen) atoms. The fraction of sp³-hybridized carbons (Fsp3) is 0.136. The van der Waals surface area contributed by atoms with Crippen molar-refractivity contribution in [1.82, 2.24) is 24.8 Å². The van der Waals surface area contributed by atoms with Gasteiger partial charge in [-0.2, -0.15) is 9.36 Å². The molecule has 0 saturated heterocycles. The predicted molar refractivity (Wildman–Crippen MR) is 117 cm³/mol. The van der Waals surface area contributed by atoms with Crippen LogP contribution < -0.4 is 10.4 Å². The molecule has 0 atom stereocenters. The SMILES string of the molecule is [C-]#[N+]c1cccc(-c2ccc(OCc3c(Cl)cccc3-n3nnn(C)c3=O)c(C)c2)n1. The highest BCUT2D eigenvalue weighted by Gasteiger charge is 2.15. The smallest absolute Gasteiger partial charge is 0.368 e. The number of aryl methyl sites for hydroxylation is 2. The molecule has 0 aliphatic carbocycles. The van der Waals surface area contributed by atoms with E-state index in [-0.39, 0.29) is 12.3 Å². The first-order valence-corrected chi connectivity index (χ1v) is 9.71. The topological polar surface area (TPSA) is 79.2 Å². The molecule has 0 unspecified atom stereocenters. The second kappa shape index (κ2) is 8.42. The van der Waals surface area contributed by atoms with E-state index in [4.69, 9.17) is 22.9 Å². The Labute approximate surface area is 183 Å². The van der Waals surface area contributed by atoms with E-state index < -0.39 is 0 Å². The van der Waals surface area contributed by atoms with Crippen molar-refractivity contribution in [2.45, 2.75) is 13.5 Å². The van der Waals surface area contributed by atoms with Crippen molar-refractivity contribution >= 4 is 17.4 Å². The predicted octanol–water partition coefficient (Wildman–Crippen LogP) is 4.12. The van der Waals surface area contributed by atoms with Crippen LogP contribution in [0.1, 0.15) is 11.1 Å². The summed E-state index contributed by atoms with van der Waals surface area (Å²) in [4.78, 5) is 20.0. The first kappa shape index (κ1) is 20.3. The van der Waals surface area contributed by atoms with Crippen LogP contribution in [0, 0.1) is 13.5 Å². The number of rotatable bonds is 5. The Morgan fingerprint density at radius 1 is 1.13 bits per heavy atom. The Morgan fingerprint density at radius 2 is 1.94 bits per heavy atom. The Morgan fingerprint density at radius 3 is 2.65 bits per heavy atom. The van der Waals surface area contributed by atoms with E-state index >= 15 is 0 Å². The van der Waals surface area contributed by atoms with E-state index in [1.54, 1.807) is 24.3 Å². The van der Waals surface area contributed by atoms with Gasteiger partial charge in [-0.25, -0.2) is 4.79 Å². The first-order valence-electron chi connectivity index (χ1n) is 9.33. The maximum Gasteiger partial charge on any atom is 0.368 e. The van der Waals surface area contributed by atoms with E-state index in [2.05, 4.69) is 20.3 Å². The van der Waals surface area contributed by atoms with Crippen molar-refractivity contribution in [3.63, 3.8) is 0 Å². The van der Waals surface area contributed by atoms with Crippen molar-refractivity contribution in [3.05, 3.63) is 92.6 Å². The molecule has 0 amide bonds. The van der Waals surface area contributed by atoms with Crippen LogP contribution in [0.15, 0.2) is 59.4 Å². The minimum Gasteiger partial charge on any atom is -0.488 e. The second-order valence-electron chi connectivity index (χ2n) is 6.80. The quantitative estimate of drug-likeness (QED) is 0.443. The van der Waals surface area contributed by atoms with Crippen LogP contribution in [-0.4, -0.2) is 24.8 Å². The van der Waals surface area contributed by atoms with Crippen molar-refractivity contribution in [2.75, 3.05) is 0 Å². The van der Waals surface area contributed by atoms with E-state index in [0.29, 0.717) is 27.8 Å². The Hall–Kier alpha value is -3.96. The fourth-order valence-corrected chi connectivity index (χ4v) is 3.34. The molecule has 0 saturated carbocycles. The summed E-state index contributed by atoms with van der Waals surface area (Å²) in [6.45, 7) is 9.20. The van der Waals surface area contributed by atoms with Gasteiger partial charge in [0.05, 0.1) is 5.69 Å². The monoisotopic (exact) mass is 432 g/mol. The second-order valence-corrected chi connectivity index (χ2v) is 7.20. The molecule has 9 heteroatoms. The van der Waals surface area contributed by atoms with Crippen LogP contribution >= 0.6 is 11.6 Å². The summed E-state index contributed by atoms with van der Waals surface area (Å²) in [7, 11) is 1.53. The number of ether oxygens (including phenoxy) is 1. The normalized spacial score (nSPS) is 10.6. The maximum absolute atomic E-state index is 12.3. The fourth-order valence-electron chi connectivity index (χ4n) is 3.12. The number of nitrogens with zero attached hydrogens (tertiary/aromatic N) is 6. The molecule has 0 fully saturated rings. The highest BCUT2D eigenvalue weighted by Crippen LogP contribution is 2.29. The molecule has 0 aliphatic heterocycles. The molecule has 2 heterocycles. The van der Waals surface area contributed by atoms with E-state index in [1.165, 1.54) is 11.7 Å². The summed E-state index contributed by atoms with van der Waals surface area (Å²) in [6.07, 6.45) is 0. The van der Waals surface area contributed by atoms with Crippen LogP contribution in [0.3, 0.4) is 0 Å². The van der Waals surface area contributed by atoms with Crippen LogP contribution in [0.2, 0.25) is 5.02 Å². The van der Waals surface area contributed by atoms with E-state index in [1.807, 2.05) is 37.3 Å². The summed E-state index contributed by atoms with van der Waals surface area (Å²) < 4.78 is 8.36. The molecule has 0 spiro atoms. The minimum absolute atomic E-state index is 0.143. The lowest BCUT2D eigenvalue weighted by Gasteiger charge is -2.14. The molecule has 4 rings (SSSR count). The lowest BCUT2D eigenvalue weighted by atomic mass is 10.1. The van der Waals surface area contributed by atoms with Gasteiger partial charge in [0.25, 0.3) is 5.82 Å². The van der Waals surface area contributed by atoms with Crippen molar-refractivity contribution in [1.29, 1.82) is 0 Å².